The molecule has 1 heterocycles. The SMILES string of the molecule is CCOC(=O)c1sc(-c2ccccc2)cc1NC(=O)COC(=O)c1cc(C(=O)OC)cc([N+](=O)[O-])c1. The highest BCUT2D eigenvalue weighted by atomic mass is 32.1. The molecule has 0 fully saturated rings. The second-order valence-corrected chi connectivity index (χ2v) is 8.13. The van der Waals surface area contributed by atoms with Gasteiger partial charge >= 0.3 is 17.9 Å². The molecule has 36 heavy (non-hydrogen) atoms. The number of rotatable bonds is 9. The highest BCUT2D eigenvalue weighted by Crippen LogP contribution is 2.35. The Labute approximate surface area is 208 Å². The summed E-state index contributed by atoms with van der Waals surface area (Å²) in [5, 5.41) is 13.7. The van der Waals surface area contributed by atoms with Gasteiger partial charge in [0.1, 0.15) is 4.88 Å². The van der Waals surface area contributed by atoms with Crippen molar-refractivity contribution >= 4 is 46.5 Å². The molecule has 12 heteroatoms. The lowest BCUT2D eigenvalue weighted by molar-refractivity contribution is -0.384. The third-order valence-corrected chi connectivity index (χ3v) is 5.81. The highest BCUT2D eigenvalue weighted by molar-refractivity contribution is 7.18. The van der Waals surface area contributed by atoms with Crippen LogP contribution in [0.2, 0.25) is 0 Å². The molecule has 3 rings (SSSR count). The normalized spacial score (nSPS) is 10.3. The van der Waals surface area contributed by atoms with E-state index in [1.165, 1.54) is 0 Å². The molecular weight excluding hydrogens is 492 g/mol. The van der Waals surface area contributed by atoms with Crippen LogP contribution in [0.15, 0.2) is 54.6 Å². The zero-order valence-corrected chi connectivity index (χ0v) is 20.0. The van der Waals surface area contributed by atoms with Gasteiger partial charge in [0, 0.05) is 17.0 Å². The molecule has 186 valence electrons. The van der Waals surface area contributed by atoms with Gasteiger partial charge in [-0.3, -0.25) is 14.9 Å². The summed E-state index contributed by atoms with van der Waals surface area (Å²) in [6, 6.07) is 13.7. The molecule has 11 nitrogen and oxygen atoms in total. The van der Waals surface area contributed by atoms with Gasteiger partial charge in [0.05, 0.1) is 35.5 Å². The number of thiophene rings is 1. The van der Waals surface area contributed by atoms with Gasteiger partial charge in [0.2, 0.25) is 0 Å². The maximum Gasteiger partial charge on any atom is 0.350 e. The van der Waals surface area contributed by atoms with Crippen molar-refractivity contribution in [1.82, 2.24) is 0 Å². The molecule has 0 radical (unpaired) electrons. The zero-order valence-electron chi connectivity index (χ0n) is 19.1. The molecule has 0 saturated heterocycles. The first-order valence-electron chi connectivity index (χ1n) is 10.4. The van der Waals surface area contributed by atoms with Gasteiger partial charge in [-0.1, -0.05) is 30.3 Å². The number of nitro benzene ring substituents is 1. The van der Waals surface area contributed by atoms with Crippen molar-refractivity contribution in [3.8, 4) is 10.4 Å². The van der Waals surface area contributed by atoms with Crippen LogP contribution in [0.4, 0.5) is 11.4 Å². The largest absolute Gasteiger partial charge is 0.465 e. The Kier molecular flexibility index (Phi) is 8.47. The molecule has 0 unspecified atom stereocenters. The molecule has 0 aliphatic heterocycles. The topological polar surface area (TPSA) is 151 Å². The summed E-state index contributed by atoms with van der Waals surface area (Å²) in [6.45, 7) is 1.04. The van der Waals surface area contributed by atoms with Crippen molar-refractivity contribution in [2.45, 2.75) is 6.92 Å². The minimum atomic E-state index is -1.07. The first-order chi connectivity index (χ1) is 17.2. The van der Waals surface area contributed by atoms with Crippen LogP contribution in [0.5, 0.6) is 0 Å². The Morgan fingerprint density at radius 3 is 2.22 bits per heavy atom. The number of carbonyl (C=O) groups excluding carboxylic acids is 4. The molecule has 2 aromatic carbocycles. The van der Waals surface area contributed by atoms with E-state index in [4.69, 9.17) is 9.47 Å². The number of nitrogens with zero attached hydrogens (tertiary/aromatic N) is 1. The smallest absolute Gasteiger partial charge is 0.350 e. The fraction of sp³-hybridized carbons (Fsp3) is 0.167. The van der Waals surface area contributed by atoms with Crippen LogP contribution in [0.1, 0.15) is 37.3 Å². The van der Waals surface area contributed by atoms with Gasteiger partial charge in [-0.15, -0.1) is 11.3 Å². The maximum absolute atomic E-state index is 12.5. The van der Waals surface area contributed by atoms with Gasteiger partial charge < -0.3 is 19.5 Å². The number of hydrogen-bond donors (Lipinski definition) is 1. The Morgan fingerprint density at radius 2 is 1.61 bits per heavy atom. The molecular formula is C24H20N2O9S. The Morgan fingerprint density at radius 1 is 0.944 bits per heavy atom. The highest BCUT2D eigenvalue weighted by Gasteiger charge is 2.22. The third kappa shape index (κ3) is 6.30. The lowest BCUT2D eigenvalue weighted by atomic mass is 10.1. The van der Waals surface area contributed by atoms with Crippen LogP contribution < -0.4 is 5.32 Å². The summed E-state index contributed by atoms with van der Waals surface area (Å²) in [5.41, 5.74) is -0.0609. The second-order valence-electron chi connectivity index (χ2n) is 7.08. The summed E-state index contributed by atoms with van der Waals surface area (Å²) in [5.74, 6) is -3.34. The summed E-state index contributed by atoms with van der Waals surface area (Å²) >= 11 is 1.13. The number of benzene rings is 2. The molecule has 1 N–H and O–H groups in total. The van der Waals surface area contributed by atoms with E-state index in [9.17, 15) is 29.3 Å². The molecule has 0 spiro atoms. The van der Waals surface area contributed by atoms with E-state index in [1.807, 2.05) is 30.3 Å². The van der Waals surface area contributed by atoms with Gasteiger partial charge in [-0.25, -0.2) is 14.4 Å². The predicted octanol–water partition coefficient (Wildman–Crippen LogP) is 4.08. The van der Waals surface area contributed by atoms with Crippen LogP contribution in [0.25, 0.3) is 10.4 Å². The Bertz CT molecular complexity index is 1320. The molecule has 0 aliphatic carbocycles. The number of methoxy groups -OCH3 is 1. The first-order valence-corrected chi connectivity index (χ1v) is 11.3. The second kappa shape index (κ2) is 11.7. The fourth-order valence-electron chi connectivity index (χ4n) is 3.05. The van der Waals surface area contributed by atoms with Crippen molar-refractivity contribution in [2.75, 3.05) is 25.6 Å². The number of nitrogens with one attached hydrogen (secondary N) is 1. The van der Waals surface area contributed by atoms with Gasteiger partial charge in [-0.2, -0.15) is 0 Å². The Hall–Kier alpha value is -4.58. The van der Waals surface area contributed by atoms with E-state index in [1.54, 1.807) is 13.0 Å². The minimum Gasteiger partial charge on any atom is -0.465 e. The number of carbonyl (C=O) groups is 4. The number of non-ortho nitro benzene ring substituents is 1. The van der Waals surface area contributed by atoms with Crippen molar-refractivity contribution in [3.63, 3.8) is 0 Å². The van der Waals surface area contributed by atoms with Crippen LogP contribution in [0, 0.1) is 10.1 Å². The number of anilines is 1. The standard InChI is InChI=1S/C24H20N2O9S/c1-3-34-24(30)21-18(12-19(36-21)14-7-5-4-6-8-14)25-20(27)13-35-23(29)16-9-15(22(28)33-2)10-17(11-16)26(31)32/h4-12H,3,13H2,1-2H3,(H,25,27). The van der Waals surface area contributed by atoms with E-state index in [0.29, 0.717) is 4.88 Å². The quantitative estimate of drug-likeness (QED) is 0.193. The summed E-state index contributed by atoms with van der Waals surface area (Å²) in [6.07, 6.45) is 0. The summed E-state index contributed by atoms with van der Waals surface area (Å²) < 4.78 is 14.6. The molecule has 1 amide bonds. The predicted molar refractivity (Wildman–Crippen MR) is 129 cm³/mol. The van der Waals surface area contributed by atoms with Crippen molar-refractivity contribution in [2.24, 2.45) is 0 Å². The molecule has 0 aliphatic rings. The lowest BCUT2D eigenvalue weighted by Gasteiger charge is -2.08. The maximum atomic E-state index is 12.5. The van der Waals surface area contributed by atoms with Crippen molar-refractivity contribution < 1.29 is 38.3 Å². The van der Waals surface area contributed by atoms with E-state index in [-0.39, 0.29) is 28.3 Å². The van der Waals surface area contributed by atoms with E-state index in [2.05, 4.69) is 10.1 Å². The van der Waals surface area contributed by atoms with E-state index < -0.39 is 41.0 Å². The summed E-state index contributed by atoms with van der Waals surface area (Å²) in [4.78, 5) is 60.4. The fourth-order valence-corrected chi connectivity index (χ4v) is 4.06. The zero-order chi connectivity index (χ0) is 26.2. The first kappa shape index (κ1) is 26.0. The van der Waals surface area contributed by atoms with E-state index in [0.717, 1.165) is 42.2 Å². The number of hydrogen-bond acceptors (Lipinski definition) is 10. The van der Waals surface area contributed by atoms with Crippen LogP contribution in [-0.4, -0.2) is 49.1 Å². The molecule has 0 bridgehead atoms. The molecule has 1 aromatic heterocycles. The van der Waals surface area contributed by atoms with Gasteiger partial charge in [0.15, 0.2) is 6.61 Å². The van der Waals surface area contributed by atoms with Gasteiger partial charge in [0.25, 0.3) is 11.6 Å². The number of amides is 1. The molecule has 3 aromatic rings. The molecule has 0 atom stereocenters. The Balaban J connectivity index is 1.76. The van der Waals surface area contributed by atoms with Crippen molar-refractivity contribution in [3.05, 3.63) is 80.7 Å². The number of esters is 3. The average molecular weight is 512 g/mol. The summed E-state index contributed by atoms with van der Waals surface area (Å²) in [7, 11) is 1.09. The average Bonchev–Trinajstić information content (AvgIpc) is 3.30. The monoisotopic (exact) mass is 512 g/mol. The van der Waals surface area contributed by atoms with Gasteiger partial charge in [-0.05, 0) is 24.6 Å². The van der Waals surface area contributed by atoms with E-state index >= 15 is 0 Å². The molecule has 0 saturated carbocycles. The third-order valence-electron chi connectivity index (χ3n) is 4.65. The van der Waals surface area contributed by atoms with Crippen LogP contribution >= 0.6 is 11.3 Å². The lowest BCUT2D eigenvalue weighted by Crippen LogP contribution is -2.22. The number of ether oxygens (including phenoxy) is 3. The minimum absolute atomic E-state index is 0.138. The van der Waals surface area contributed by atoms with Crippen molar-refractivity contribution in [1.29, 1.82) is 0 Å². The van der Waals surface area contributed by atoms with Crippen LogP contribution in [0.3, 0.4) is 0 Å². The van der Waals surface area contributed by atoms with Crippen LogP contribution in [-0.2, 0) is 19.0 Å². The number of nitro groups is 1.